The highest BCUT2D eigenvalue weighted by atomic mass is 19.4. The van der Waals surface area contributed by atoms with E-state index in [9.17, 15) is 18.0 Å². The van der Waals surface area contributed by atoms with Crippen molar-refractivity contribution < 1.29 is 27.4 Å². The zero-order valence-electron chi connectivity index (χ0n) is 13.8. The fraction of sp³-hybridized carbons (Fsp3) is 0.278. The summed E-state index contributed by atoms with van der Waals surface area (Å²) in [6.07, 6.45) is -5.20. The van der Waals surface area contributed by atoms with E-state index in [-0.39, 0.29) is 6.54 Å². The zero-order valence-corrected chi connectivity index (χ0v) is 13.8. The molecule has 0 bridgehead atoms. The second-order valence-electron chi connectivity index (χ2n) is 5.35. The zero-order chi connectivity index (χ0) is 18.4. The minimum absolute atomic E-state index is 0.0148. The van der Waals surface area contributed by atoms with Gasteiger partial charge in [-0.1, -0.05) is 12.1 Å². The van der Waals surface area contributed by atoms with Crippen molar-refractivity contribution in [1.29, 1.82) is 0 Å². The second kappa shape index (κ2) is 7.92. The molecule has 134 valence electrons. The van der Waals surface area contributed by atoms with Crippen molar-refractivity contribution in [3.8, 4) is 11.5 Å². The average Bonchev–Trinajstić information content (AvgIpc) is 2.59. The van der Waals surface area contributed by atoms with Gasteiger partial charge in [-0.3, -0.25) is 4.79 Å². The Balaban J connectivity index is 1.90. The largest absolute Gasteiger partial charge is 0.497 e. The maximum absolute atomic E-state index is 12.7. The molecule has 0 aromatic heterocycles. The summed E-state index contributed by atoms with van der Waals surface area (Å²) in [6.45, 7) is 1.55. The Bertz CT molecular complexity index is 714. The van der Waals surface area contributed by atoms with Gasteiger partial charge in [-0.15, -0.1) is 0 Å². The number of methoxy groups -OCH3 is 1. The number of benzene rings is 2. The van der Waals surface area contributed by atoms with Gasteiger partial charge in [0.2, 0.25) is 0 Å². The highest BCUT2D eigenvalue weighted by molar-refractivity contribution is 5.80. The molecule has 0 aliphatic heterocycles. The van der Waals surface area contributed by atoms with Crippen LogP contribution in [0.1, 0.15) is 18.1 Å². The predicted octanol–water partition coefficient (Wildman–Crippen LogP) is 3.80. The van der Waals surface area contributed by atoms with Crippen molar-refractivity contribution in [2.75, 3.05) is 7.11 Å². The molecule has 0 fully saturated rings. The van der Waals surface area contributed by atoms with Crippen LogP contribution in [0.2, 0.25) is 0 Å². The third-order valence-corrected chi connectivity index (χ3v) is 3.46. The average molecular weight is 353 g/mol. The van der Waals surface area contributed by atoms with Gasteiger partial charge in [0.15, 0.2) is 6.10 Å². The number of ether oxygens (including phenoxy) is 2. The molecule has 25 heavy (non-hydrogen) atoms. The number of amides is 1. The van der Waals surface area contributed by atoms with E-state index in [1.54, 1.807) is 38.3 Å². The smallest absolute Gasteiger partial charge is 0.416 e. The monoisotopic (exact) mass is 353 g/mol. The predicted molar refractivity (Wildman–Crippen MR) is 86.4 cm³/mol. The third-order valence-electron chi connectivity index (χ3n) is 3.46. The van der Waals surface area contributed by atoms with E-state index in [1.165, 1.54) is 12.1 Å². The van der Waals surface area contributed by atoms with Crippen molar-refractivity contribution in [3.05, 3.63) is 59.7 Å². The Kier molecular flexibility index (Phi) is 5.90. The first-order valence-electron chi connectivity index (χ1n) is 7.54. The van der Waals surface area contributed by atoms with Crippen molar-refractivity contribution in [2.24, 2.45) is 0 Å². The molecule has 1 N–H and O–H groups in total. The van der Waals surface area contributed by atoms with Crippen LogP contribution < -0.4 is 14.8 Å². The number of rotatable bonds is 6. The lowest BCUT2D eigenvalue weighted by molar-refractivity contribution is -0.137. The molecule has 0 saturated carbocycles. The van der Waals surface area contributed by atoms with Gasteiger partial charge >= 0.3 is 6.18 Å². The van der Waals surface area contributed by atoms with Gasteiger partial charge in [0.05, 0.1) is 12.7 Å². The Hall–Kier alpha value is -2.70. The van der Waals surface area contributed by atoms with Gasteiger partial charge in [0.25, 0.3) is 5.91 Å². The molecule has 1 amide bonds. The van der Waals surface area contributed by atoms with Crippen molar-refractivity contribution in [3.63, 3.8) is 0 Å². The van der Waals surface area contributed by atoms with Crippen LogP contribution in [0.3, 0.4) is 0 Å². The van der Waals surface area contributed by atoms with Crippen molar-refractivity contribution in [2.45, 2.75) is 25.7 Å². The van der Waals surface area contributed by atoms with Crippen LogP contribution in [0.15, 0.2) is 48.5 Å². The van der Waals surface area contributed by atoms with Crippen LogP contribution in [0, 0.1) is 0 Å². The van der Waals surface area contributed by atoms with E-state index in [2.05, 4.69) is 5.32 Å². The van der Waals surface area contributed by atoms with E-state index in [0.29, 0.717) is 17.1 Å². The fourth-order valence-electron chi connectivity index (χ4n) is 2.10. The summed E-state index contributed by atoms with van der Waals surface area (Å²) in [4.78, 5) is 12.0. The summed E-state index contributed by atoms with van der Waals surface area (Å²) < 4.78 is 48.5. The van der Waals surface area contributed by atoms with Gasteiger partial charge in [-0.05, 0) is 48.9 Å². The van der Waals surface area contributed by atoms with E-state index >= 15 is 0 Å². The Morgan fingerprint density at radius 1 is 1.12 bits per heavy atom. The van der Waals surface area contributed by atoms with E-state index < -0.39 is 23.8 Å². The molecular weight excluding hydrogens is 335 g/mol. The molecule has 7 heteroatoms. The van der Waals surface area contributed by atoms with E-state index in [0.717, 1.165) is 12.1 Å². The molecule has 0 spiro atoms. The number of carbonyl (C=O) groups excluding carboxylic acids is 1. The number of hydrogen-bond acceptors (Lipinski definition) is 3. The summed E-state index contributed by atoms with van der Waals surface area (Å²) in [5, 5.41) is 2.56. The summed E-state index contributed by atoms with van der Waals surface area (Å²) >= 11 is 0. The SMILES string of the molecule is COc1ccc(OC(C)C(=O)NCc2cccc(C(F)(F)F)c2)cc1. The molecule has 0 saturated heterocycles. The van der Waals surface area contributed by atoms with Gasteiger partial charge in [-0.25, -0.2) is 0 Å². The van der Waals surface area contributed by atoms with Gasteiger partial charge in [0.1, 0.15) is 11.5 Å². The first kappa shape index (κ1) is 18.6. The molecule has 0 radical (unpaired) electrons. The van der Waals surface area contributed by atoms with Crippen molar-refractivity contribution in [1.82, 2.24) is 5.32 Å². The molecule has 0 aliphatic carbocycles. The molecule has 2 rings (SSSR count). The molecule has 0 heterocycles. The van der Waals surface area contributed by atoms with Crippen LogP contribution in [-0.4, -0.2) is 19.1 Å². The van der Waals surface area contributed by atoms with Crippen LogP contribution in [0.25, 0.3) is 0 Å². The minimum Gasteiger partial charge on any atom is -0.497 e. The van der Waals surface area contributed by atoms with Gasteiger partial charge < -0.3 is 14.8 Å². The summed E-state index contributed by atoms with van der Waals surface area (Å²) in [5.41, 5.74) is -0.387. The number of carbonyl (C=O) groups is 1. The molecule has 1 unspecified atom stereocenters. The lowest BCUT2D eigenvalue weighted by Gasteiger charge is -2.15. The standard InChI is InChI=1S/C18H18F3NO3/c1-12(25-16-8-6-15(24-2)7-9-16)17(23)22-11-13-4-3-5-14(10-13)18(19,20)21/h3-10,12H,11H2,1-2H3,(H,22,23). The first-order chi connectivity index (χ1) is 11.8. The van der Waals surface area contributed by atoms with Gasteiger partial charge in [-0.2, -0.15) is 13.2 Å². The molecule has 0 aliphatic rings. The topological polar surface area (TPSA) is 47.6 Å². The Morgan fingerprint density at radius 2 is 1.76 bits per heavy atom. The van der Waals surface area contributed by atoms with Crippen LogP contribution >= 0.6 is 0 Å². The van der Waals surface area contributed by atoms with Crippen molar-refractivity contribution >= 4 is 5.91 Å². The first-order valence-corrected chi connectivity index (χ1v) is 7.54. The summed E-state index contributed by atoms with van der Waals surface area (Å²) in [6, 6.07) is 11.5. The second-order valence-corrected chi connectivity index (χ2v) is 5.35. The summed E-state index contributed by atoms with van der Waals surface area (Å²) in [7, 11) is 1.54. The molecule has 2 aromatic rings. The van der Waals surface area contributed by atoms with Crippen LogP contribution in [-0.2, 0) is 17.5 Å². The van der Waals surface area contributed by atoms with Gasteiger partial charge in [0, 0.05) is 6.54 Å². The van der Waals surface area contributed by atoms with E-state index in [4.69, 9.17) is 9.47 Å². The fourth-order valence-corrected chi connectivity index (χ4v) is 2.10. The highest BCUT2D eigenvalue weighted by Crippen LogP contribution is 2.29. The van der Waals surface area contributed by atoms with Crippen LogP contribution in [0.4, 0.5) is 13.2 Å². The Labute approximate surface area is 143 Å². The maximum atomic E-state index is 12.7. The van der Waals surface area contributed by atoms with E-state index in [1.807, 2.05) is 0 Å². The lowest BCUT2D eigenvalue weighted by atomic mass is 10.1. The molecule has 4 nitrogen and oxygen atoms in total. The minimum atomic E-state index is -4.41. The number of nitrogens with one attached hydrogen (secondary N) is 1. The maximum Gasteiger partial charge on any atom is 0.416 e. The Morgan fingerprint density at radius 3 is 2.36 bits per heavy atom. The quantitative estimate of drug-likeness (QED) is 0.859. The highest BCUT2D eigenvalue weighted by Gasteiger charge is 2.30. The molecular formula is C18H18F3NO3. The number of alkyl halides is 3. The van der Waals surface area contributed by atoms with Crippen LogP contribution in [0.5, 0.6) is 11.5 Å². The summed E-state index contributed by atoms with van der Waals surface area (Å²) in [5.74, 6) is 0.727. The molecule has 1 atom stereocenters. The lowest BCUT2D eigenvalue weighted by Crippen LogP contribution is -2.35. The third kappa shape index (κ3) is 5.41. The normalized spacial score (nSPS) is 12.4. The molecule has 2 aromatic carbocycles. The number of halogens is 3. The number of hydrogen-bond donors (Lipinski definition) is 1.